The lowest BCUT2D eigenvalue weighted by Gasteiger charge is -2.22. The van der Waals surface area contributed by atoms with Crippen molar-refractivity contribution in [1.82, 2.24) is 4.90 Å². The van der Waals surface area contributed by atoms with Crippen LogP contribution in [-0.4, -0.2) is 17.4 Å². The van der Waals surface area contributed by atoms with Crippen molar-refractivity contribution < 1.29 is 4.79 Å². The van der Waals surface area contributed by atoms with Crippen molar-refractivity contribution >= 4 is 33.4 Å². The lowest BCUT2D eigenvalue weighted by molar-refractivity contribution is 0.0752. The summed E-state index contributed by atoms with van der Waals surface area (Å²) in [5.74, 6) is 0.0382. The summed E-state index contributed by atoms with van der Waals surface area (Å²) >= 11 is 9.48. The van der Waals surface area contributed by atoms with E-state index in [1.165, 1.54) is 0 Å². The molecule has 0 atom stereocenters. The molecule has 21 heavy (non-hydrogen) atoms. The molecule has 0 heterocycles. The fourth-order valence-corrected chi connectivity index (χ4v) is 2.77. The smallest absolute Gasteiger partial charge is 0.254 e. The zero-order valence-electron chi connectivity index (χ0n) is 12.1. The normalized spacial score (nSPS) is 10.5. The number of carbonyl (C=O) groups is 1. The molecule has 0 spiro atoms. The van der Waals surface area contributed by atoms with Gasteiger partial charge in [0.2, 0.25) is 0 Å². The van der Waals surface area contributed by atoms with E-state index in [0.717, 1.165) is 21.2 Å². The summed E-state index contributed by atoms with van der Waals surface area (Å²) in [6, 6.07) is 13.3. The van der Waals surface area contributed by atoms with Crippen LogP contribution >= 0.6 is 27.5 Å². The number of carbonyl (C=O) groups excluding carboxylic acids is 1. The van der Waals surface area contributed by atoms with Crippen molar-refractivity contribution in [1.29, 1.82) is 0 Å². The largest absolute Gasteiger partial charge is 0.335 e. The van der Waals surface area contributed by atoms with Gasteiger partial charge in [0.05, 0.1) is 0 Å². The molecule has 0 fully saturated rings. The highest BCUT2D eigenvalue weighted by atomic mass is 79.9. The first kappa shape index (κ1) is 16.1. The van der Waals surface area contributed by atoms with Gasteiger partial charge in [-0.05, 0) is 49.2 Å². The average Bonchev–Trinajstić information content (AvgIpc) is 2.47. The van der Waals surface area contributed by atoms with Gasteiger partial charge in [-0.2, -0.15) is 0 Å². The number of hydrogen-bond donors (Lipinski definition) is 0. The molecule has 4 heteroatoms. The third-order valence-corrected chi connectivity index (χ3v) is 4.52. The summed E-state index contributed by atoms with van der Waals surface area (Å²) in [5.41, 5.74) is 2.73. The van der Waals surface area contributed by atoms with Gasteiger partial charge in [0.25, 0.3) is 5.91 Å². The molecule has 0 aromatic heterocycles. The maximum Gasteiger partial charge on any atom is 0.254 e. The fourth-order valence-electron chi connectivity index (χ4n) is 2.19. The summed E-state index contributed by atoms with van der Waals surface area (Å²) in [7, 11) is 0. The van der Waals surface area contributed by atoms with Gasteiger partial charge >= 0.3 is 0 Å². The van der Waals surface area contributed by atoms with E-state index in [1.807, 2.05) is 61.2 Å². The first-order valence-corrected chi connectivity index (χ1v) is 7.99. The SMILES string of the molecule is CCN(Cc1cccc(Cl)c1)C(=O)c1cccc(Br)c1C. The Hall–Kier alpha value is -1.32. The number of halogens is 2. The van der Waals surface area contributed by atoms with E-state index < -0.39 is 0 Å². The number of nitrogens with zero attached hydrogens (tertiary/aromatic N) is 1. The first-order valence-electron chi connectivity index (χ1n) is 6.81. The maximum atomic E-state index is 12.7. The van der Waals surface area contributed by atoms with Gasteiger partial charge in [-0.1, -0.05) is 45.7 Å². The van der Waals surface area contributed by atoms with Gasteiger partial charge in [0, 0.05) is 28.1 Å². The van der Waals surface area contributed by atoms with E-state index in [-0.39, 0.29) is 5.91 Å². The molecular formula is C17H17BrClNO. The summed E-state index contributed by atoms with van der Waals surface area (Å²) < 4.78 is 0.951. The quantitative estimate of drug-likeness (QED) is 0.739. The van der Waals surface area contributed by atoms with Crippen molar-refractivity contribution in [3.8, 4) is 0 Å². The zero-order valence-corrected chi connectivity index (χ0v) is 14.4. The number of rotatable bonds is 4. The Morgan fingerprint density at radius 1 is 1.24 bits per heavy atom. The van der Waals surface area contributed by atoms with Crippen molar-refractivity contribution in [3.05, 3.63) is 68.7 Å². The Bertz CT molecular complexity index is 657. The van der Waals surface area contributed by atoms with Crippen LogP contribution in [0.2, 0.25) is 5.02 Å². The molecule has 0 radical (unpaired) electrons. The van der Waals surface area contributed by atoms with E-state index in [9.17, 15) is 4.79 Å². The molecule has 1 amide bonds. The molecule has 110 valence electrons. The van der Waals surface area contributed by atoms with Crippen molar-refractivity contribution in [2.45, 2.75) is 20.4 Å². The van der Waals surface area contributed by atoms with Gasteiger partial charge in [-0.3, -0.25) is 4.79 Å². The second-order valence-electron chi connectivity index (χ2n) is 4.86. The number of hydrogen-bond acceptors (Lipinski definition) is 1. The Morgan fingerprint density at radius 3 is 2.62 bits per heavy atom. The minimum Gasteiger partial charge on any atom is -0.335 e. The van der Waals surface area contributed by atoms with Crippen molar-refractivity contribution in [2.75, 3.05) is 6.54 Å². The molecule has 2 rings (SSSR count). The van der Waals surface area contributed by atoms with E-state index in [2.05, 4.69) is 15.9 Å². The highest BCUT2D eigenvalue weighted by Gasteiger charge is 2.17. The molecule has 0 aliphatic heterocycles. The molecule has 2 aromatic rings. The summed E-state index contributed by atoms with van der Waals surface area (Å²) in [4.78, 5) is 14.5. The lowest BCUT2D eigenvalue weighted by Crippen LogP contribution is -2.30. The summed E-state index contributed by atoms with van der Waals surface area (Å²) in [6.07, 6.45) is 0. The Balaban J connectivity index is 2.25. The van der Waals surface area contributed by atoms with Crippen LogP contribution in [0.15, 0.2) is 46.9 Å². The highest BCUT2D eigenvalue weighted by molar-refractivity contribution is 9.10. The van der Waals surface area contributed by atoms with Crippen LogP contribution in [-0.2, 0) is 6.54 Å². The Kier molecular flexibility index (Phi) is 5.43. The molecule has 2 aromatic carbocycles. The van der Waals surface area contributed by atoms with Crippen LogP contribution in [0.25, 0.3) is 0 Å². The van der Waals surface area contributed by atoms with Crippen LogP contribution in [0.1, 0.15) is 28.4 Å². The minimum absolute atomic E-state index is 0.0382. The topological polar surface area (TPSA) is 20.3 Å². The van der Waals surface area contributed by atoms with Gasteiger partial charge in [0.15, 0.2) is 0 Å². The third kappa shape index (κ3) is 3.86. The van der Waals surface area contributed by atoms with E-state index in [4.69, 9.17) is 11.6 Å². The molecule has 0 saturated heterocycles. The molecule has 0 aliphatic rings. The summed E-state index contributed by atoms with van der Waals surface area (Å²) in [5, 5.41) is 0.689. The van der Waals surface area contributed by atoms with Crippen LogP contribution in [0, 0.1) is 6.92 Å². The van der Waals surface area contributed by atoms with Crippen molar-refractivity contribution in [3.63, 3.8) is 0 Å². The van der Waals surface area contributed by atoms with E-state index in [1.54, 1.807) is 0 Å². The average molecular weight is 367 g/mol. The molecule has 0 aliphatic carbocycles. The predicted octanol–water partition coefficient (Wildman–Crippen LogP) is 5.07. The zero-order chi connectivity index (χ0) is 15.4. The third-order valence-electron chi connectivity index (χ3n) is 3.43. The minimum atomic E-state index is 0.0382. The molecule has 0 bridgehead atoms. The highest BCUT2D eigenvalue weighted by Crippen LogP contribution is 2.22. The van der Waals surface area contributed by atoms with Crippen LogP contribution in [0.4, 0.5) is 0 Å². The predicted molar refractivity (Wildman–Crippen MR) is 90.7 cm³/mol. The first-order chi connectivity index (χ1) is 10.0. The summed E-state index contributed by atoms with van der Waals surface area (Å²) in [6.45, 7) is 5.14. The second-order valence-corrected chi connectivity index (χ2v) is 6.15. The number of benzene rings is 2. The fraction of sp³-hybridized carbons (Fsp3) is 0.235. The van der Waals surface area contributed by atoms with Gasteiger partial charge in [0.1, 0.15) is 0 Å². The van der Waals surface area contributed by atoms with Gasteiger partial charge < -0.3 is 4.90 Å². The monoisotopic (exact) mass is 365 g/mol. The van der Waals surface area contributed by atoms with Crippen LogP contribution in [0.5, 0.6) is 0 Å². The number of amides is 1. The van der Waals surface area contributed by atoms with Crippen molar-refractivity contribution in [2.24, 2.45) is 0 Å². The lowest BCUT2D eigenvalue weighted by atomic mass is 10.1. The van der Waals surface area contributed by atoms with Crippen LogP contribution < -0.4 is 0 Å². The maximum absolute atomic E-state index is 12.7. The molecular weight excluding hydrogens is 350 g/mol. The molecule has 0 saturated carbocycles. The van der Waals surface area contributed by atoms with Crippen LogP contribution in [0.3, 0.4) is 0 Å². The Morgan fingerprint density at radius 2 is 1.95 bits per heavy atom. The van der Waals surface area contributed by atoms with E-state index >= 15 is 0 Å². The van der Waals surface area contributed by atoms with E-state index in [0.29, 0.717) is 18.1 Å². The molecule has 2 nitrogen and oxygen atoms in total. The second kappa shape index (κ2) is 7.10. The Labute approximate surface area is 138 Å². The van der Waals surface area contributed by atoms with Gasteiger partial charge in [-0.25, -0.2) is 0 Å². The van der Waals surface area contributed by atoms with Gasteiger partial charge in [-0.15, -0.1) is 0 Å². The molecule has 0 N–H and O–H groups in total. The molecule has 0 unspecified atom stereocenters. The standard InChI is InChI=1S/C17H17BrClNO/c1-3-20(11-13-6-4-7-14(19)10-13)17(21)15-8-5-9-16(18)12(15)2/h4-10H,3,11H2,1-2H3.